The second kappa shape index (κ2) is 6.03. The van der Waals surface area contributed by atoms with E-state index >= 15 is 0 Å². The van der Waals surface area contributed by atoms with E-state index in [4.69, 9.17) is 9.47 Å². The van der Waals surface area contributed by atoms with Crippen molar-refractivity contribution in [3.05, 3.63) is 29.3 Å². The third-order valence-electron chi connectivity index (χ3n) is 3.31. The lowest BCUT2D eigenvalue weighted by Crippen LogP contribution is -2.17. The van der Waals surface area contributed by atoms with Crippen molar-refractivity contribution < 1.29 is 9.47 Å². The summed E-state index contributed by atoms with van der Waals surface area (Å²) in [7, 11) is 3.77. The van der Waals surface area contributed by atoms with Gasteiger partial charge in [0.05, 0.1) is 6.61 Å². The number of rotatable bonds is 6. The molecule has 94 valence electrons. The summed E-state index contributed by atoms with van der Waals surface area (Å²) < 4.78 is 10.6. The Morgan fingerprint density at radius 1 is 1.47 bits per heavy atom. The molecule has 1 unspecified atom stereocenters. The molecular weight excluding hydrogens is 214 g/mol. The molecular formula is C14H21NO2. The van der Waals surface area contributed by atoms with Crippen LogP contribution >= 0.6 is 0 Å². The van der Waals surface area contributed by atoms with Gasteiger partial charge < -0.3 is 14.8 Å². The van der Waals surface area contributed by atoms with E-state index in [-0.39, 0.29) is 0 Å². The van der Waals surface area contributed by atoms with Gasteiger partial charge in [-0.15, -0.1) is 0 Å². The topological polar surface area (TPSA) is 30.5 Å². The van der Waals surface area contributed by atoms with Gasteiger partial charge in [0.15, 0.2) is 0 Å². The monoisotopic (exact) mass is 235 g/mol. The average molecular weight is 235 g/mol. The van der Waals surface area contributed by atoms with Gasteiger partial charge in [-0.1, -0.05) is 12.1 Å². The minimum atomic E-state index is 0.413. The van der Waals surface area contributed by atoms with Crippen LogP contribution in [0.15, 0.2) is 18.2 Å². The predicted octanol–water partition coefficient (Wildman–Crippen LogP) is 2.31. The number of fused-ring (bicyclic) bond motifs is 1. The van der Waals surface area contributed by atoms with Crippen LogP contribution in [0.3, 0.4) is 0 Å². The zero-order valence-electron chi connectivity index (χ0n) is 10.7. The van der Waals surface area contributed by atoms with Crippen molar-refractivity contribution in [1.29, 1.82) is 0 Å². The fourth-order valence-corrected chi connectivity index (χ4v) is 2.33. The Morgan fingerprint density at radius 2 is 2.35 bits per heavy atom. The summed E-state index contributed by atoms with van der Waals surface area (Å²) in [6, 6.07) is 6.95. The van der Waals surface area contributed by atoms with Crippen LogP contribution in [0, 0.1) is 0 Å². The number of benzene rings is 1. The van der Waals surface area contributed by atoms with Crippen LogP contribution in [-0.2, 0) is 11.2 Å². The summed E-state index contributed by atoms with van der Waals surface area (Å²) in [5.74, 6) is 1.06. The maximum Gasteiger partial charge on any atom is 0.122 e. The van der Waals surface area contributed by atoms with Gasteiger partial charge in [-0.3, -0.25) is 0 Å². The molecule has 0 saturated heterocycles. The maximum atomic E-state index is 5.52. The van der Waals surface area contributed by atoms with Crippen LogP contribution in [0.25, 0.3) is 0 Å². The lowest BCUT2D eigenvalue weighted by Gasteiger charge is -2.17. The Morgan fingerprint density at radius 3 is 3.12 bits per heavy atom. The van der Waals surface area contributed by atoms with E-state index < -0.39 is 0 Å². The van der Waals surface area contributed by atoms with Gasteiger partial charge in [-0.2, -0.15) is 0 Å². The Hall–Kier alpha value is -1.06. The lowest BCUT2D eigenvalue weighted by atomic mass is 9.99. The fraction of sp³-hybridized carbons (Fsp3) is 0.571. The molecule has 1 aromatic rings. The van der Waals surface area contributed by atoms with E-state index in [1.807, 2.05) is 7.05 Å². The highest BCUT2D eigenvalue weighted by atomic mass is 16.5. The molecule has 0 aliphatic carbocycles. The lowest BCUT2D eigenvalue weighted by molar-refractivity contribution is 0.189. The smallest absolute Gasteiger partial charge is 0.122 e. The first kappa shape index (κ1) is 12.4. The standard InChI is InChI=1S/C14H21NO2/c1-15-13(4-3-8-16-2)11-5-6-14-12(10-11)7-9-17-14/h5-6,10,13,15H,3-4,7-9H2,1-2H3. The SMILES string of the molecule is CNC(CCCOC)c1ccc2c(c1)CCO2. The Kier molecular flexibility index (Phi) is 4.40. The summed E-state index contributed by atoms with van der Waals surface area (Å²) in [5.41, 5.74) is 2.70. The molecule has 0 radical (unpaired) electrons. The number of methoxy groups -OCH3 is 1. The molecule has 2 rings (SSSR count). The second-order valence-corrected chi connectivity index (χ2v) is 4.44. The van der Waals surface area contributed by atoms with E-state index in [1.165, 1.54) is 11.1 Å². The van der Waals surface area contributed by atoms with Crippen LogP contribution in [0.1, 0.15) is 30.0 Å². The predicted molar refractivity (Wildman–Crippen MR) is 68.6 cm³/mol. The molecule has 0 spiro atoms. The minimum absolute atomic E-state index is 0.413. The van der Waals surface area contributed by atoms with Gasteiger partial charge in [0.2, 0.25) is 0 Å². The molecule has 0 amide bonds. The van der Waals surface area contributed by atoms with Gasteiger partial charge >= 0.3 is 0 Å². The quantitative estimate of drug-likeness (QED) is 0.767. The molecule has 0 saturated carbocycles. The molecule has 1 aliphatic heterocycles. The van der Waals surface area contributed by atoms with E-state index in [2.05, 4.69) is 23.5 Å². The third-order valence-corrected chi connectivity index (χ3v) is 3.31. The van der Waals surface area contributed by atoms with E-state index in [0.29, 0.717) is 6.04 Å². The molecule has 0 bridgehead atoms. The Balaban J connectivity index is 2.03. The first-order valence-electron chi connectivity index (χ1n) is 6.27. The zero-order chi connectivity index (χ0) is 12.1. The molecule has 3 nitrogen and oxygen atoms in total. The summed E-state index contributed by atoms with van der Waals surface area (Å²) >= 11 is 0. The van der Waals surface area contributed by atoms with Gasteiger partial charge in [-0.05, 0) is 37.1 Å². The summed E-state index contributed by atoms with van der Waals surface area (Å²) in [4.78, 5) is 0. The number of nitrogens with one attached hydrogen (secondary N) is 1. The Labute approximate surface area is 103 Å². The maximum absolute atomic E-state index is 5.52. The highest BCUT2D eigenvalue weighted by Crippen LogP contribution is 2.29. The first-order chi connectivity index (χ1) is 8.35. The van der Waals surface area contributed by atoms with Crippen molar-refractivity contribution in [2.75, 3.05) is 27.4 Å². The summed E-state index contributed by atoms with van der Waals surface area (Å²) in [6.45, 7) is 1.65. The normalized spacial score (nSPS) is 15.4. The highest BCUT2D eigenvalue weighted by Gasteiger charge is 2.15. The molecule has 1 N–H and O–H groups in total. The highest BCUT2D eigenvalue weighted by molar-refractivity contribution is 5.40. The number of ether oxygens (including phenoxy) is 2. The van der Waals surface area contributed by atoms with Crippen molar-refractivity contribution in [1.82, 2.24) is 5.32 Å². The van der Waals surface area contributed by atoms with Crippen LogP contribution < -0.4 is 10.1 Å². The summed E-state index contributed by atoms with van der Waals surface area (Å²) in [5, 5.41) is 3.37. The van der Waals surface area contributed by atoms with E-state index in [9.17, 15) is 0 Å². The molecule has 0 fully saturated rings. The van der Waals surface area contributed by atoms with Gasteiger partial charge in [0.25, 0.3) is 0 Å². The average Bonchev–Trinajstić information content (AvgIpc) is 2.82. The van der Waals surface area contributed by atoms with Crippen molar-refractivity contribution in [2.24, 2.45) is 0 Å². The second-order valence-electron chi connectivity index (χ2n) is 4.44. The van der Waals surface area contributed by atoms with E-state index in [0.717, 1.165) is 38.2 Å². The minimum Gasteiger partial charge on any atom is -0.493 e. The van der Waals surface area contributed by atoms with Crippen LogP contribution in [0.2, 0.25) is 0 Å². The summed E-state index contributed by atoms with van der Waals surface area (Å²) in [6.07, 6.45) is 3.22. The van der Waals surface area contributed by atoms with Crippen molar-refractivity contribution >= 4 is 0 Å². The third kappa shape index (κ3) is 2.99. The van der Waals surface area contributed by atoms with E-state index in [1.54, 1.807) is 7.11 Å². The van der Waals surface area contributed by atoms with Crippen LogP contribution in [0.4, 0.5) is 0 Å². The molecule has 0 aromatic heterocycles. The van der Waals surface area contributed by atoms with Crippen LogP contribution in [0.5, 0.6) is 5.75 Å². The van der Waals surface area contributed by atoms with Crippen LogP contribution in [-0.4, -0.2) is 27.4 Å². The van der Waals surface area contributed by atoms with Crippen molar-refractivity contribution in [3.63, 3.8) is 0 Å². The number of hydrogen-bond donors (Lipinski definition) is 1. The molecule has 1 heterocycles. The van der Waals surface area contributed by atoms with Gasteiger partial charge in [0, 0.05) is 26.2 Å². The molecule has 1 atom stereocenters. The number of hydrogen-bond acceptors (Lipinski definition) is 3. The molecule has 1 aromatic carbocycles. The molecule has 3 heteroatoms. The molecule has 1 aliphatic rings. The fourth-order valence-electron chi connectivity index (χ4n) is 2.33. The molecule has 17 heavy (non-hydrogen) atoms. The Bertz CT molecular complexity index is 365. The largest absolute Gasteiger partial charge is 0.493 e. The van der Waals surface area contributed by atoms with Gasteiger partial charge in [0.1, 0.15) is 5.75 Å². The zero-order valence-corrected chi connectivity index (χ0v) is 10.7. The van der Waals surface area contributed by atoms with Gasteiger partial charge in [-0.25, -0.2) is 0 Å². The first-order valence-corrected chi connectivity index (χ1v) is 6.27. The van der Waals surface area contributed by atoms with Crippen molar-refractivity contribution in [2.45, 2.75) is 25.3 Å². The van der Waals surface area contributed by atoms with Crippen molar-refractivity contribution in [3.8, 4) is 5.75 Å².